The minimum atomic E-state index is -0.103. The summed E-state index contributed by atoms with van der Waals surface area (Å²) >= 11 is 7.37. The number of amides is 1. The summed E-state index contributed by atoms with van der Waals surface area (Å²) < 4.78 is 7.19. The van der Waals surface area contributed by atoms with Crippen LogP contribution in [0, 0.1) is 0 Å². The predicted octanol–water partition coefficient (Wildman–Crippen LogP) is 3.54. The maximum atomic E-state index is 12.2. The second-order valence-electron chi connectivity index (χ2n) is 6.44. The van der Waals surface area contributed by atoms with Crippen LogP contribution in [-0.2, 0) is 11.3 Å². The zero-order valence-corrected chi connectivity index (χ0v) is 17.5. The van der Waals surface area contributed by atoms with Gasteiger partial charge in [-0.15, -0.1) is 10.2 Å². The zero-order chi connectivity index (χ0) is 20.1. The number of nitrogens with one attached hydrogen (secondary N) is 1. The molecule has 148 valence electrons. The van der Waals surface area contributed by atoms with Gasteiger partial charge in [-0.05, 0) is 57.4 Å². The first-order valence-electron chi connectivity index (χ1n) is 8.75. The van der Waals surface area contributed by atoms with Crippen LogP contribution in [-0.4, -0.2) is 45.4 Å². The molecule has 0 aliphatic heterocycles. The number of hydrogen-bond donors (Lipinski definition) is 1. The van der Waals surface area contributed by atoms with Gasteiger partial charge in [-0.2, -0.15) is 0 Å². The van der Waals surface area contributed by atoms with Crippen molar-refractivity contribution in [2.75, 3.05) is 19.8 Å². The zero-order valence-electron chi connectivity index (χ0n) is 15.9. The Balaban J connectivity index is 1.76. The summed E-state index contributed by atoms with van der Waals surface area (Å²) in [7, 11) is 3.97. The van der Waals surface area contributed by atoms with Crippen LogP contribution in [0.25, 0.3) is 5.69 Å². The third-order valence-electron chi connectivity index (χ3n) is 4.26. The summed E-state index contributed by atoms with van der Waals surface area (Å²) in [6, 6.07) is 11.1. The van der Waals surface area contributed by atoms with Crippen molar-refractivity contribution in [1.82, 2.24) is 25.0 Å². The van der Waals surface area contributed by atoms with Crippen LogP contribution in [0.4, 0.5) is 0 Å². The number of carbonyl (C=O) groups excluding carboxylic acids is 1. The number of nitrogens with zero attached hydrogens (tertiary/aromatic N) is 4. The minimum Gasteiger partial charge on any atom is -0.467 e. The Bertz CT molecular complexity index is 909. The van der Waals surface area contributed by atoms with E-state index in [1.165, 1.54) is 11.8 Å². The van der Waals surface area contributed by atoms with E-state index in [0.29, 0.717) is 22.5 Å². The second kappa shape index (κ2) is 9.27. The lowest BCUT2D eigenvalue weighted by Gasteiger charge is -2.20. The molecule has 0 fully saturated rings. The SMILES string of the molecule is CC(c1nnc(SCC(=O)NCc2ccco2)n1-c1ccc(Cl)cc1)N(C)C. The normalized spacial score (nSPS) is 12.3. The second-order valence-corrected chi connectivity index (χ2v) is 7.82. The Morgan fingerprint density at radius 3 is 2.68 bits per heavy atom. The highest BCUT2D eigenvalue weighted by Gasteiger charge is 2.21. The highest BCUT2D eigenvalue weighted by Crippen LogP contribution is 2.27. The van der Waals surface area contributed by atoms with E-state index < -0.39 is 0 Å². The van der Waals surface area contributed by atoms with E-state index in [1.54, 1.807) is 12.3 Å². The Kier molecular flexibility index (Phi) is 6.77. The number of aromatic nitrogens is 3. The minimum absolute atomic E-state index is 0.0466. The van der Waals surface area contributed by atoms with Crippen LogP contribution >= 0.6 is 23.4 Å². The molecule has 28 heavy (non-hydrogen) atoms. The lowest BCUT2D eigenvalue weighted by Crippen LogP contribution is -2.24. The molecular weight excluding hydrogens is 398 g/mol. The number of rotatable bonds is 8. The average Bonchev–Trinajstić information content (AvgIpc) is 3.34. The molecule has 3 rings (SSSR count). The predicted molar refractivity (Wildman–Crippen MR) is 110 cm³/mol. The van der Waals surface area contributed by atoms with Crippen molar-refractivity contribution in [2.45, 2.75) is 24.7 Å². The number of thioether (sulfide) groups is 1. The summed E-state index contributed by atoms with van der Waals surface area (Å²) in [5.74, 6) is 1.63. The summed E-state index contributed by atoms with van der Waals surface area (Å²) in [5.41, 5.74) is 0.900. The molecule has 0 aliphatic carbocycles. The van der Waals surface area contributed by atoms with Gasteiger partial charge >= 0.3 is 0 Å². The van der Waals surface area contributed by atoms with Crippen LogP contribution in [0.5, 0.6) is 0 Å². The molecule has 7 nitrogen and oxygen atoms in total. The van der Waals surface area contributed by atoms with Gasteiger partial charge in [0.05, 0.1) is 24.6 Å². The summed E-state index contributed by atoms with van der Waals surface area (Å²) in [6.07, 6.45) is 1.58. The van der Waals surface area contributed by atoms with E-state index in [0.717, 1.165) is 11.5 Å². The van der Waals surface area contributed by atoms with Gasteiger partial charge in [-0.3, -0.25) is 14.3 Å². The van der Waals surface area contributed by atoms with Crippen molar-refractivity contribution in [3.05, 3.63) is 59.3 Å². The molecule has 0 spiro atoms. The standard InChI is InChI=1S/C19H22ClN5O2S/c1-13(24(2)3)18-22-23-19(25(18)15-8-6-14(20)7-9-15)28-12-17(26)21-11-16-5-4-10-27-16/h4-10,13H,11-12H2,1-3H3,(H,21,26). The van der Waals surface area contributed by atoms with Gasteiger partial charge in [0.2, 0.25) is 5.91 Å². The quantitative estimate of drug-likeness (QED) is 0.563. The van der Waals surface area contributed by atoms with Crippen molar-refractivity contribution in [1.29, 1.82) is 0 Å². The monoisotopic (exact) mass is 419 g/mol. The first-order chi connectivity index (χ1) is 13.5. The molecule has 1 aromatic carbocycles. The third-order valence-corrected chi connectivity index (χ3v) is 5.44. The van der Waals surface area contributed by atoms with Crippen molar-refractivity contribution >= 4 is 29.3 Å². The molecule has 9 heteroatoms. The van der Waals surface area contributed by atoms with Crippen molar-refractivity contribution in [2.24, 2.45) is 0 Å². The van der Waals surface area contributed by atoms with Crippen molar-refractivity contribution < 1.29 is 9.21 Å². The number of hydrogen-bond acceptors (Lipinski definition) is 6. The Morgan fingerprint density at radius 2 is 2.04 bits per heavy atom. The molecule has 1 amide bonds. The Hall–Kier alpha value is -2.29. The molecule has 1 unspecified atom stereocenters. The van der Waals surface area contributed by atoms with Gasteiger partial charge in [-0.25, -0.2) is 0 Å². The molecule has 0 aliphatic rings. The molecule has 1 N–H and O–H groups in total. The first kappa shape index (κ1) is 20.4. The highest BCUT2D eigenvalue weighted by atomic mass is 35.5. The molecule has 0 saturated heterocycles. The van der Waals surface area contributed by atoms with E-state index in [1.807, 2.05) is 49.0 Å². The van der Waals surface area contributed by atoms with Crippen LogP contribution in [0.15, 0.2) is 52.2 Å². The van der Waals surface area contributed by atoms with E-state index >= 15 is 0 Å². The Labute approximate surface area is 173 Å². The molecule has 0 saturated carbocycles. The van der Waals surface area contributed by atoms with Crippen molar-refractivity contribution in [3.8, 4) is 5.69 Å². The fourth-order valence-corrected chi connectivity index (χ4v) is 3.40. The molecule has 0 radical (unpaired) electrons. The van der Waals surface area contributed by atoms with Gasteiger partial charge < -0.3 is 9.73 Å². The largest absolute Gasteiger partial charge is 0.467 e. The first-order valence-corrected chi connectivity index (χ1v) is 10.1. The van der Waals surface area contributed by atoms with Crippen LogP contribution in [0.2, 0.25) is 5.02 Å². The van der Waals surface area contributed by atoms with E-state index in [-0.39, 0.29) is 17.7 Å². The molecule has 1 atom stereocenters. The number of halogens is 1. The number of benzene rings is 1. The van der Waals surface area contributed by atoms with Gasteiger partial charge in [0.25, 0.3) is 0 Å². The van der Waals surface area contributed by atoms with Gasteiger partial charge in [0.15, 0.2) is 11.0 Å². The van der Waals surface area contributed by atoms with Gasteiger partial charge in [0.1, 0.15) is 5.76 Å². The lowest BCUT2D eigenvalue weighted by molar-refractivity contribution is -0.118. The molecule has 2 aromatic heterocycles. The molecule has 3 aromatic rings. The Morgan fingerprint density at radius 1 is 1.29 bits per heavy atom. The summed E-state index contributed by atoms with van der Waals surface area (Å²) in [4.78, 5) is 14.3. The third kappa shape index (κ3) is 4.95. The average molecular weight is 420 g/mol. The smallest absolute Gasteiger partial charge is 0.230 e. The van der Waals surface area contributed by atoms with E-state index in [2.05, 4.69) is 27.3 Å². The summed E-state index contributed by atoms with van der Waals surface area (Å²) in [5, 5.41) is 12.8. The number of carbonyl (C=O) groups is 1. The van der Waals surface area contributed by atoms with Crippen molar-refractivity contribution in [3.63, 3.8) is 0 Å². The van der Waals surface area contributed by atoms with Gasteiger partial charge in [-0.1, -0.05) is 23.4 Å². The van der Waals surface area contributed by atoms with E-state index in [4.69, 9.17) is 16.0 Å². The number of furan rings is 1. The maximum Gasteiger partial charge on any atom is 0.230 e. The van der Waals surface area contributed by atoms with E-state index in [9.17, 15) is 4.79 Å². The van der Waals surface area contributed by atoms with Gasteiger partial charge in [0, 0.05) is 10.7 Å². The lowest BCUT2D eigenvalue weighted by atomic mass is 10.2. The fraction of sp³-hybridized carbons (Fsp3) is 0.316. The summed E-state index contributed by atoms with van der Waals surface area (Å²) in [6.45, 7) is 2.42. The fourth-order valence-electron chi connectivity index (χ4n) is 2.49. The molecule has 0 bridgehead atoms. The van der Waals surface area contributed by atoms with Crippen LogP contribution in [0.1, 0.15) is 24.6 Å². The molecule has 2 heterocycles. The molecular formula is C19H22ClN5O2S. The highest BCUT2D eigenvalue weighted by molar-refractivity contribution is 7.99. The van der Waals surface area contributed by atoms with Crippen LogP contribution < -0.4 is 5.32 Å². The topological polar surface area (TPSA) is 76.2 Å². The maximum absolute atomic E-state index is 12.2. The van der Waals surface area contributed by atoms with Crippen LogP contribution in [0.3, 0.4) is 0 Å².